The topological polar surface area (TPSA) is 48.1 Å². The van der Waals surface area contributed by atoms with E-state index in [4.69, 9.17) is 10.5 Å². The van der Waals surface area contributed by atoms with E-state index in [0.29, 0.717) is 13.2 Å². The lowest BCUT2D eigenvalue weighted by molar-refractivity contribution is 0.304. The third-order valence-electron chi connectivity index (χ3n) is 2.45. The van der Waals surface area contributed by atoms with E-state index in [2.05, 4.69) is 27.0 Å². The number of aromatic nitrogens is 1. The fourth-order valence-corrected chi connectivity index (χ4v) is 3.02. The number of hydrogen-bond acceptors (Lipinski definition) is 4. The van der Waals surface area contributed by atoms with Gasteiger partial charge in [0.05, 0.1) is 9.48 Å². The Morgan fingerprint density at radius 2 is 2.17 bits per heavy atom. The van der Waals surface area contributed by atoms with Gasteiger partial charge in [0.25, 0.3) is 0 Å². The van der Waals surface area contributed by atoms with Gasteiger partial charge < -0.3 is 10.5 Å². The third kappa shape index (κ3) is 3.54. The average Bonchev–Trinajstić information content (AvgIpc) is 2.75. The molecule has 0 aromatic carbocycles. The van der Waals surface area contributed by atoms with Gasteiger partial charge in [-0.25, -0.2) is 0 Å². The SMILES string of the molecule is Cc1ccc(OCc2ccc(Br)s2)c(CCN)n1. The molecule has 18 heavy (non-hydrogen) atoms. The van der Waals surface area contributed by atoms with E-state index in [1.54, 1.807) is 11.3 Å². The number of thiophene rings is 1. The van der Waals surface area contributed by atoms with Gasteiger partial charge in [0, 0.05) is 17.0 Å². The van der Waals surface area contributed by atoms with Crippen LogP contribution in [-0.4, -0.2) is 11.5 Å². The summed E-state index contributed by atoms with van der Waals surface area (Å²) in [6.07, 6.45) is 0.741. The van der Waals surface area contributed by atoms with E-state index < -0.39 is 0 Å². The summed E-state index contributed by atoms with van der Waals surface area (Å²) in [5.74, 6) is 0.829. The Balaban J connectivity index is 2.08. The van der Waals surface area contributed by atoms with Crippen LogP contribution in [-0.2, 0) is 13.0 Å². The van der Waals surface area contributed by atoms with Crippen LogP contribution in [0.1, 0.15) is 16.3 Å². The highest BCUT2D eigenvalue weighted by Crippen LogP contribution is 2.24. The Morgan fingerprint density at radius 3 is 2.83 bits per heavy atom. The van der Waals surface area contributed by atoms with Crippen molar-refractivity contribution in [3.63, 3.8) is 0 Å². The highest BCUT2D eigenvalue weighted by molar-refractivity contribution is 9.11. The second kappa shape index (κ2) is 6.31. The smallest absolute Gasteiger partial charge is 0.141 e. The van der Waals surface area contributed by atoms with Crippen LogP contribution in [0.5, 0.6) is 5.75 Å². The van der Waals surface area contributed by atoms with Crippen molar-refractivity contribution in [3.8, 4) is 5.75 Å². The molecule has 0 atom stereocenters. The summed E-state index contributed by atoms with van der Waals surface area (Å²) in [6, 6.07) is 8.01. The first kappa shape index (κ1) is 13.5. The molecular formula is C13H15BrN2OS. The monoisotopic (exact) mass is 326 g/mol. The van der Waals surface area contributed by atoms with E-state index in [9.17, 15) is 0 Å². The van der Waals surface area contributed by atoms with Crippen molar-refractivity contribution >= 4 is 27.3 Å². The van der Waals surface area contributed by atoms with Crippen LogP contribution >= 0.6 is 27.3 Å². The number of nitrogens with two attached hydrogens (primary N) is 1. The molecule has 3 nitrogen and oxygen atoms in total. The molecule has 96 valence electrons. The lowest BCUT2D eigenvalue weighted by atomic mass is 10.2. The minimum atomic E-state index is 0.568. The Morgan fingerprint density at radius 1 is 1.33 bits per heavy atom. The number of rotatable bonds is 5. The van der Waals surface area contributed by atoms with E-state index in [0.717, 1.165) is 27.3 Å². The lowest BCUT2D eigenvalue weighted by Crippen LogP contribution is -2.07. The van der Waals surface area contributed by atoms with Crippen molar-refractivity contribution < 1.29 is 4.74 Å². The van der Waals surface area contributed by atoms with Crippen molar-refractivity contribution in [2.45, 2.75) is 20.0 Å². The van der Waals surface area contributed by atoms with Gasteiger partial charge in [0.2, 0.25) is 0 Å². The highest BCUT2D eigenvalue weighted by Gasteiger charge is 2.06. The van der Waals surface area contributed by atoms with Gasteiger partial charge in [-0.1, -0.05) is 0 Å². The molecule has 0 fully saturated rings. The molecule has 0 radical (unpaired) electrons. The fourth-order valence-electron chi connectivity index (χ4n) is 1.62. The van der Waals surface area contributed by atoms with Crippen LogP contribution in [0.3, 0.4) is 0 Å². The summed E-state index contributed by atoms with van der Waals surface area (Å²) >= 11 is 5.12. The fraction of sp³-hybridized carbons (Fsp3) is 0.308. The molecule has 0 spiro atoms. The molecule has 0 saturated carbocycles. The molecule has 0 aliphatic rings. The van der Waals surface area contributed by atoms with Crippen molar-refractivity contribution in [3.05, 3.63) is 44.3 Å². The Hall–Kier alpha value is -0.910. The molecule has 0 aliphatic carbocycles. The zero-order valence-corrected chi connectivity index (χ0v) is 12.6. The van der Waals surface area contributed by atoms with Gasteiger partial charge >= 0.3 is 0 Å². The van der Waals surface area contributed by atoms with Gasteiger partial charge in [-0.2, -0.15) is 0 Å². The molecule has 5 heteroatoms. The molecule has 0 amide bonds. The first-order valence-corrected chi connectivity index (χ1v) is 7.33. The number of pyridine rings is 1. The van der Waals surface area contributed by atoms with Gasteiger partial charge in [0.15, 0.2) is 0 Å². The molecule has 0 bridgehead atoms. The second-order valence-corrected chi connectivity index (χ2v) is 6.48. The average molecular weight is 327 g/mol. The van der Waals surface area contributed by atoms with Crippen molar-refractivity contribution in [2.24, 2.45) is 5.73 Å². The number of halogens is 1. The first-order valence-electron chi connectivity index (χ1n) is 5.72. The number of nitrogens with zero attached hydrogens (tertiary/aromatic N) is 1. The molecule has 2 aromatic heterocycles. The van der Waals surface area contributed by atoms with E-state index in [1.165, 1.54) is 4.88 Å². The molecule has 0 unspecified atom stereocenters. The van der Waals surface area contributed by atoms with E-state index >= 15 is 0 Å². The summed E-state index contributed by atoms with van der Waals surface area (Å²) in [5, 5.41) is 0. The molecule has 2 heterocycles. The summed E-state index contributed by atoms with van der Waals surface area (Å²) in [7, 11) is 0. The normalized spacial score (nSPS) is 10.6. The van der Waals surface area contributed by atoms with Crippen LogP contribution in [0.4, 0.5) is 0 Å². The first-order chi connectivity index (χ1) is 8.69. The number of ether oxygens (including phenoxy) is 1. The predicted octanol–water partition coefficient (Wildman–Crippen LogP) is 3.29. The Bertz CT molecular complexity index is 527. The van der Waals surface area contributed by atoms with Crippen LogP contribution in [0, 0.1) is 6.92 Å². The molecule has 2 N–H and O–H groups in total. The summed E-state index contributed by atoms with van der Waals surface area (Å²) < 4.78 is 6.93. The Labute approximate surface area is 119 Å². The molecule has 2 aromatic rings. The zero-order valence-electron chi connectivity index (χ0n) is 10.1. The van der Waals surface area contributed by atoms with Gasteiger partial charge in [-0.05, 0) is 53.7 Å². The quantitative estimate of drug-likeness (QED) is 0.917. The standard InChI is InChI=1S/C13H15BrN2OS/c1-9-2-4-12(11(16-9)6-7-15)17-8-10-3-5-13(14)18-10/h2-5H,6-8,15H2,1H3. The largest absolute Gasteiger partial charge is 0.486 e. The molecule has 0 aliphatic heterocycles. The second-order valence-electron chi connectivity index (χ2n) is 3.93. The van der Waals surface area contributed by atoms with Crippen LogP contribution in [0.2, 0.25) is 0 Å². The van der Waals surface area contributed by atoms with Crippen LogP contribution in [0.15, 0.2) is 28.1 Å². The zero-order chi connectivity index (χ0) is 13.0. The maximum absolute atomic E-state index is 5.82. The minimum Gasteiger partial charge on any atom is -0.486 e. The minimum absolute atomic E-state index is 0.568. The summed E-state index contributed by atoms with van der Waals surface area (Å²) in [6.45, 7) is 3.12. The lowest BCUT2D eigenvalue weighted by Gasteiger charge is -2.10. The van der Waals surface area contributed by atoms with Gasteiger partial charge in [-0.3, -0.25) is 4.98 Å². The molecule has 0 saturated heterocycles. The van der Waals surface area contributed by atoms with Crippen LogP contribution < -0.4 is 10.5 Å². The van der Waals surface area contributed by atoms with Gasteiger partial charge in [0.1, 0.15) is 12.4 Å². The predicted molar refractivity (Wildman–Crippen MR) is 78.1 cm³/mol. The molecular weight excluding hydrogens is 312 g/mol. The maximum atomic E-state index is 5.82. The van der Waals surface area contributed by atoms with Crippen molar-refractivity contribution in [1.29, 1.82) is 0 Å². The van der Waals surface area contributed by atoms with E-state index in [-0.39, 0.29) is 0 Å². The maximum Gasteiger partial charge on any atom is 0.141 e. The Kier molecular flexibility index (Phi) is 4.74. The third-order valence-corrected chi connectivity index (χ3v) is 4.05. The molecule has 2 rings (SSSR count). The highest BCUT2D eigenvalue weighted by atomic mass is 79.9. The van der Waals surface area contributed by atoms with Crippen molar-refractivity contribution in [1.82, 2.24) is 4.98 Å². The van der Waals surface area contributed by atoms with Gasteiger partial charge in [-0.15, -0.1) is 11.3 Å². The summed E-state index contributed by atoms with van der Waals surface area (Å²) in [5.41, 5.74) is 7.52. The van der Waals surface area contributed by atoms with Crippen molar-refractivity contribution in [2.75, 3.05) is 6.54 Å². The van der Waals surface area contributed by atoms with E-state index in [1.807, 2.05) is 25.1 Å². The number of hydrogen-bond donors (Lipinski definition) is 1. The van der Waals surface area contributed by atoms with Crippen LogP contribution in [0.25, 0.3) is 0 Å². The summed E-state index contributed by atoms with van der Waals surface area (Å²) in [4.78, 5) is 5.65. The number of aryl methyl sites for hydroxylation is 1.